The Morgan fingerprint density at radius 3 is 2.27 bits per heavy atom. The third-order valence-electron chi connectivity index (χ3n) is 6.30. The molecule has 0 spiro atoms. The van der Waals surface area contributed by atoms with Gasteiger partial charge in [-0.15, -0.1) is 0 Å². The fraction of sp³-hybridized carbons (Fsp3) is 0.214. The molecule has 1 aliphatic heterocycles. The van der Waals surface area contributed by atoms with E-state index in [1.54, 1.807) is 50.2 Å². The van der Waals surface area contributed by atoms with E-state index >= 15 is 0 Å². The molecule has 0 radical (unpaired) electrons. The summed E-state index contributed by atoms with van der Waals surface area (Å²) in [7, 11) is 2.94. The van der Waals surface area contributed by atoms with Gasteiger partial charge in [0.1, 0.15) is 17.3 Å². The number of aryl methyl sites for hydroxylation is 2. The van der Waals surface area contributed by atoms with Crippen LogP contribution in [0.5, 0.6) is 11.5 Å². The van der Waals surface area contributed by atoms with Gasteiger partial charge in [-0.3, -0.25) is 14.5 Å². The number of aliphatic hydroxyl groups is 1. The monoisotopic (exact) mass is 511 g/mol. The van der Waals surface area contributed by atoms with E-state index in [1.165, 1.54) is 20.3 Å². The number of amides is 1. The van der Waals surface area contributed by atoms with Gasteiger partial charge in [-0.1, -0.05) is 18.2 Å². The van der Waals surface area contributed by atoms with Gasteiger partial charge < -0.3 is 14.6 Å². The van der Waals surface area contributed by atoms with E-state index in [2.05, 4.69) is 0 Å². The van der Waals surface area contributed by atoms with Gasteiger partial charge in [0.15, 0.2) is 0 Å². The number of nitrogens with zero attached hydrogens (tertiary/aromatic N) is 1. The molecule has 0 aliphatic carbocycles. The molecule has 1 heterocycles. The minimum absolute atomic E-state index is 0.133. The number of carbonyl (C=O) groups is 2. The fourth-order valence-electron chi connectivity index (χ4n) is 4.47. The first-order chi connectivity index (χ1) is 17.5. The number of hydrogen-bond donors (Lipinski definition) is 1. The lowest BCUT2D eigenvalue weighted by Gasteiger charge is -2.26. The van der Waals surface area contributed by atoms with E-state index in [9.17, 15) is 27.9 Å². The van der Waals surface area contributed by atoms with Crippen molar-refractivity contribution in [3.8, 4) is 11.5 Å². The van der Waals surface area contributed by atoms with Gasteiger partial charge in [-0.2, -0.15) is 13.2 Å². The van der Waals surface area contributed by atoms with Crippen LogP contribution in [0.3, 0.4) is 0 Å². The van der Waals surface area contributed by atoms with Crippen molar-refractivity contribution < 1.29 is 37.3 Å². The summed E-state index contributed by atoms with van der Waals surface area (Å²) < 4.78 is 51.0. The Hall–Kier alpha value is -4.27. The molecular formula is C28H24F3NO5. The van der Waals surface area contributed by atoms with Crippen LogP contribution in [0.4, 0.5) is 18.9 Å². The van der Waals surface area contributed by atoms with Crippen molar-refractivity contribution in [1.29, 1.82) is 0 Å². The number of hydrogen-bond acceptors (Lipinski definition) is 5. The molecule has 3 aromatic rings. The SMILES string of the molecule is COc1cccc(C2/C(=C(\O)c3cc(C)c(OC)cc3C)C(=O)C(=O)N2c2cccc(C(F)(F)F)c2)c1. The number of alkyl halides is 3. The highest BCUT2D eigenvalue weighted by molar-refractivity contribution is 6.51. The molecule has 9 heteroatoms. The van der Waals surface area contributed by atoms with Crippen LogP contribution in [0.25, 0.3) is 5.76 Å². The van der Waals surface area contributed by atoms with Crippen LogP contribution in [-0.4, -0.2) is 31.0 Å². The molecule has 192 valence electrons. The van der Waals surface area contributed by atoms with Gasteiger partial charge >= 0.3 is 6.18 Å². The zero-order valence-corrected chi connectivity index (χ0v) is 20.5. The number of carbonyl (C=O) groups excluding carboxylic acids is 2. The highest BCUT2D eigenvalue weighted by Crippen LogP contribution is 2.44. The van der Waals surface area contributed by atoms with Crippen molar-refractivity contribution in [2.24, 2.45) is 0 Å². The summed E-state index contributed by atoms with van der Waals surface area (Å²) in [6.45, 7) is 3.47. The number of ether oxygens (including phenoxy) is 2. The summed E-state index contributed by atoms with van der Waals surface area (Å²) >= 11 is 0. The Morgan fingerprint density at radius 2 is 1.62 bits per heavy atom. The molecule has 3 aromatic carbocycles. The molecule has 1 unspecified atom stereocenters. The summed E-state index contributed by atoms with van der Waals surface area (Å²) in [5.41, 5.74) is 0.579. The number of ketones is 1. The molecule has 0 bridgehead atoms. The van der Waals surface area contributed by atoms with Crippen LogP contribution in [0.2, 0.25) is 0 Å². The number of aliphatic hydroxyl groups excluding tert-OH is 1. The van der Waals surface area contributed by atoms with Gasteiger partial charge in [-0.25, -0.2) is 0 Å². The summed E-state index contributed by atoms with van der Waals surface area (Å²) in [5, 5.41) is 11.4. The number of halogens is 3. The normalized spacial score (nSPS) is 17.3. The number of anilines is 1. The molecule has 37 heavy (non-hydrogen) atoms. The lowest BCUT2D eigenvalue weighted by Crippen LogP contribution is -2.29. The standard InChI is InChI=1S/C28H24F3NO5/c1-15-12-22(37-4)16(2)11-21(15)25(33)23-24(17-7-5-10-20(13-17)36-3)32(27(35)26(23)34)19-9-6-8-18(14-19)28(29,30)31/h5-14,24,33H,1-4H3/b25-23+. The van der Waals surface area contributed by atoms with Crippen molar-refractivity contribution >= 4 is 23.1 Å². The zero-order chi connectivity index (χ0) is 27.1. The smallest absolute Gasteiger partial charge is 0.416 e. The first-order valence-electron chi connectivity index (χ1n) is 11.3. The lowest BCUT2D eigenvalue weighted by molar-refractivity contribution is -0.137. The largest absolute Gasteiger partial charge is 0.507 e. The summed E-state index contributed by atoms with van der Waals surface area (Å²) in [6.07, 6.45) is -4.66. The second kappa shape index (κ2) is 9.65. The summed E-state index contributed by atoms with van der Waals surface area (Å²) in [5.74, 6) is -1.54. The molecule has 1 aliphatic rings. The molecule has 6 nitrogen and oxygen atoms in total. The molecule has 1 amide bonds. The van der Waals surface area contributed by atoms with Crippen LogP contribution < -0.4 is 14.4 Å². The predicted octanol–water partition coefficient (Wildman–Crippen LogP) is 5.97. The van der Waals surface area contributed by atoms with Crippen LogP contribution in [0, 0.1) is 13.8 Å². The van der Waals surface area contributed by atoms with Gasteiger partial charge in [0.05, 0.1) is 31.4 Å². The molecule has 1 fully saturated rings. The zero-order valence-electron chi connectivity index (χ0n) is 20.5. The summed E-state index contributed by atoms with van der Waals surface area (Å²) in [4.78, 5) is 27.6. The maximum absolute atomic E-state index is 13.5. The van der Waals surface area contributed by atoms with Crippen LogP contribution in [-0.2, 0) is 15.8 Å². The number of methoxy groups -OCH3 is 2. The average Bonchev–Trinajstić information content (AvgIpc) is 3.14. The molecule has 1 atom stereocenters. The quantitative estimate of drug-likeness (QED) is 0.260. The number of benzene rings is 3. The van der Waals surface area contributed by atoms with Crippen molar-refractivity contribution in [2.75, 3.05) is 19.1 Å². The van der Waals surface area contributed by atoms with Crippen molar-refractivity contribution in [3.05, 3.63) is 94.1 Å². The Labute approximate surface area is 211 Å². The minimum atomic E-state index is -4.66. The molecule has 1 saturated heterocycles. The van der Waals surface area contributed by atoms with E-state index in [1.807, 2.05) is 0 Å². The maximum Gasteiger partial charge on any atom is 0.416 e. The highest BCUT2D eigenvalue weighted by Gasteiger charge is 2.47. The van der Waals surface area contributed by atoms with Crippen molar-refractivity contribution in [2.45, 2.75) is 26.1 Å². The Kier molecular flexibility index (Phi) is 6.73. The van der Waals surface area contributed by atoms with Crippen LogP contribution >= 0.6 is 0 Å². The highest BCUT2D eigenvalue weighted by atomic mass is 19.4. The summed E-state index contributed by atoms with van der Waals surface area (Å²) in [6, 6.07) is 12.7. The van der Waals surface area contributed by atoms with Crippen LogP contribution in [0.15, 0.2) is 66.2 Å². The molecular weight excluding hydrogens is 487 g/mol. The van der Waals surface area contributed by atoms with Crippen LogP contribution in [0.1, 0.15) is 33.9 Å². The Morgan fingerprint density at radius 1 is 0.919 bits per heavy atom. The van der Waals surface area contributed by atoms with E-state index in [4.69, 9.17) is 9.47 Å². The Bertz CT molecular complexity index is 1430. The van der Waals surface area contributed by atoms with Gasteiger partial charge in [0.2, 0.25) is 0 Å². The number of Topliss-reactive ketones (excluding diaryl/α,β-unsaturated/α-hetero) is 1. The second-order valence-corrected chi connectivity index (χ2v) is 8.63. The maximum atomic E-state index is 13.5. The van der Waals surface area contributed by atoms with Crippen molar-refractivity contribution in [3.63, 3.8) is 0 Å². The van der Waals surface area contributed by atoms with Gasteiger partial charge in [-0.05, 0) is 73.0 Å². The fourth-order valence-corrected chi connectivity index (χ4v) is 4.47. The topological polar surface area (TPSA) is 76.1 Å². The first kappa shape index (κ1) is 25.8. The predicted molar refractivity (Wildman–Crippen MR) is 132 cm³/mol. The molecule has 0 aromatic heterocycles. The third kappa shape index (κ3) is 4.64. The van der Waals surface area contributed by atoms with Gasteiger partial charge in [0, 0.05) is 11.3 Å². The Balaban J connectivity index is 1.99. The van der Waals surface area contributed by atoms with Gasteiger partial charge in [0.25, 0.3) is 11.7 Å². The molecule has 1 N–H and O–H groups in total. The third-order valence-corrected chi connectivity index (χ3v) is 6.30. The average molecular weight is 511 g/mol. The van der Waals surface area contributed by atoms with E-state index in [0.29, 0.717) is 33.8 Å². The van der Waals surface area contributed by atoms with Crippen molar-refractivity contribution in [1.82, 2.24) is 0 Å². The van der Waals surface area contributed by atoms with E-state index in [-0.39, 0.29) is 11.3 Å². The number of rotatable bonds is 5. The van der Waals surface area contributed by atoms with E-state index < -0.39 is 35.2 Å². The van der Waals surface area contributed by atoms with E-state index in [0.717, 1.165) is 23.1 Å². The second-order valence-electron chi connectivity index (χ2n) is 8.63. The lowest BCUT2D eigenvalue weighted by atomic mass is 9.92. The molecule has 4 rings (SSSR count). The first-order valence-corrected chi connectivity index (χ1v) is 11.3. The minimum Gasteiger partial charge on any atom is -0.507 e. The molecule has 0 saturated carbocycles.